The molecule has 0 saturated carbocycles. The van der Waals surface area contributed by atoms with E-state index in [0.29, 0.717) is 22.4 Å². The first-order valence-corrected chi connectivity index (χ1v) is 14.7. The van der Waals surface area contributed by atoms with Crippen molar-refractivity contribution in [3.63, 3.8) is 0 Å². The van der Waals surface area contributed by atoms with Gasteiger partial charge in [-0.15, -0.1) is 0 Å². The monoisotopic (exact) mass is 547 g/mol. The zero-order valence-electron chi connectivity index (χ0n) is 20.9. The number of aryl methyl sites for hydroxylation is 2. The topological polar surface area (TPSA) is 116 Å². The first-order chi connectivity index (χ1) is 17.7. The molecule has 0 spiro atoms. The second-order valence-corrected chi connectivity index (χ2v) is 12.6. The standard InChI is InChI=1S/C25H31ClFN7O2S/c1-15-10-22(29-25-28-13-20(26)24(31-25)30-23-11-16(2)32-33-23)21(27)12-19(15)17-5-7-34(8-6-17)18-4-3-9-37(35,36)14-18/h10-13,17-18H,3-9,14H2,1-2H3,(H3,28,29,30,31,32,33). The van der Waals surface area contributed by atoms with Crippen LogP contribution < -0.4 is 10.6 Å². The summed E-state index contributed by atoms with van der Waals surface area (Å²) in [7, 11) is -2.93. The molecule has 9 nitrogen and oxygen atoms in total. The lowest BCUT2D eigenvalue weighted by atomic mass is 9.86. The Labute approximate surface area is 221 Å². The minimum absolute atomic E-state index is 0.111. The number of piperidine rings is 1. The van der Waals surface area contributed by atoms with Crippen molar-refractivity contribution in [3.05, 3.63) is 52.1 Å². The van der Waals surface area contributed by atoms with Crippen molar-refractivity contribution in [3.8, 4) is 0 Å². The molecule has 2 saturated heterocycles. The molecular formula is C25H31ClFN7O2S. The molecule has 1 aromatic carbocycles. The highest BCUT2D eigenvalue weighted by atomic mass is 35.5. The summed E-state index contributed by atoms with van der Waals surface area (Å²) in [5.74, 6) is 1.56. The Kier molecular flexibility index (Phi) is 7.37. The molecule has 37 heavy (non-hydrogen) atoms. The summed E-state index contributed by atoms with van der Waals surface area (Å²) in [4.78, 5) is 10.9. The van der Waals surface area contributed by atoms with E-state index in [0.717, 1.165) is 55.6 Å². The Morgan fingerprint density at radius 2 is 1.92 bits per heavy atom. The molecule has 0 amide bonds. The Balaban J connectivity index is 1.26. The summed E-state index contributed by atoms with van der Waals surface area (Å²) in [5, 5.41) is 13.3. The number of H-pyrrole nitrogens is 1. The SMILES string of the molecule is Cc1cc(Nc2nc(Nc3cc(C)c(C4CCN(C5CCCS(=O)(=O)C5)CC4)cc3F)ncc2Cl)n[nH]1. The Morgan fingerprint density at radius 3 is 2.62 bits per heavy atom. The van der Waals surface area contributed by atoms with Gasteiger partial charge in [-0.1, -0.05) is 11.6 Å². The van der Waals surface area contributed by atoms with E-state index in [-0.39, 0.29) is 35.2 Å². The van der Waals surface area contributed by atoms with Gasteiger partial charge >= 0.3 is 0 Å². The Hall–Kier alpha value is -2.76. The van der Waals surface area contributed by atoms with E-state index >= 15 is 4.39 Å². The lowest BCUT2D eigenvalue weighted by Gasteiger charge is -2.39. The van der Waals surface area contributed by atoms with Crippen LogP contribution >= 0.6 is 11.6 Å². The number of benzene rings is 1. The quantitative estimate of drug-likeness (QED) is 0.401. The number of likely N-dealkylation sites (tertiary alicyclic amines) is 1. The van der Waals surface area contributed by atoms with E-state index < -0.39 is 9.84 Å². The number of nitrogens with one attached hydrogen (secondary N) is 3. The van der Waals surface area contributed by atoms with Gasteiger partial charge in [0.25, 0.3) is 0 Å². The van der Waals surface area contributed by atoms with Gasteiger partial charge in [0.2, 0.25) is 5.95 Å². The molecule has 3 aromatic rings. The van der Waals surface area contributed by atoms with Crippen molar-refractivity contribution in [2.24, 2.45) is 0 Å². The molecule has 1 atom stereocenters. The smallest absolute Gasteiger partial charge is 0.229 e. The van der Waals surface area contributed by atoms with Gasteiger partial charge in [-0.3, -0.25) is 10.00 Å². The van der Waals surface area contributed by atoms with Crippen LogP contribution in [-0.4, -0.2) is 64.1 Å². The molecule has 198 valence electrons. The second-order valence-electron chi connectivity index (χ2n) is 9.99. The summed E-state index contributed by atoms with van der Waals surface area (Å²) in [6.45, 7) is 5.52. The molecule has 2 aliphatic rings. The summed E-state index contributed by atoms with van der Waals surface area (Å²) in [6.07, 6.45) is 4.88. The van der Waals surface area contributed by atoms with Crippen molar-refractivity contribution >= 4 is 44.7 Å². The molecule has 0 bridgehead atoms. The number of hydrogen-bond acceptors (Lipinski definition) is 8. The normalized spacial score (nSPS) is 20.6. The van der Waals surface area contributed by atoms with Gasteiger partial charge in [-0.25, -0.2) is 17.8 Å². The van der Waals surface area contributed by atoms with Crippen LogP contribution in [0.15, 0.2) is 24.4 Å². The molecule has 2 aliphatic heterocycles. The molecule has 2 fully saturated rings. The number of aromatic amines is 1. The fourth-order valence-corrected chi connectivity index (χ4v) is 7.21. The van der Waals surface area contributed by atoms with Crippen molar-refractivity contribution in [1.29, 1.82) is 0 Å². The van der Waals surface area contributed by atoms with Gasteiger partial charge in [0, 0.05) is 17.8 Å². The highest BCUT2D eigenvalue weighted by Crippen LogP contribution is 2.35. The largest absolute Gasteiger partial charge is 0.322 e. The first-order valence-electron chi connectivity index (χ1n) is 12.5. The summed E-state index contributed by atoms with van der Waals surface area (Å²) < 4.78 is 39.3. The molecule has 5 rings (SSSR count). The third-order valence-corrected chi connectivity index (χ3v) is 9.30. The zero-order chi connectivity index (χ0) is 26.2. The number of aromatic nitrogens is 4. The number of halogens is 2. The average molecular weight is 548 g/mol. The Bertz CT molecular complexity index is 1390. The van der Waals surface area contributed by atoms with Crippen molar-refractivity contribution in [2.45, 2.75) is 51.5 Å². The lowest BCUT2D eigenvalue weighted by Crippen LogP contribution is -2.46. The lowest BCUT2D eigenvalue weighted by molar-refractivity contribution is 0.153. The van der Waals surface area contributed by atoms with Crippen LogP contribution in [0.4, 0.5) is 27.7 Å². The third kappa shape index (κ3) is 6.05. The minimum Gasteiger partial charge on any atom is -0.322 e. The molecule has 0 aliphatic carbocycles. The summed E-state index contributed by atoms with van der Waals surface area (Å²) >= 11 is 6.23. The molecule has 3 N–H and O–H groups in total. The predicted molar refractivity (Wildman–Crippen MR) is 143 cm³/mol. The zero-order valence-corrected chi connectivity index (χ0v) is 22.5. The van der Waals surface area contributed by atoms with Crippen molar-refractivity contribution in [1.82, 2.24) is 25.1 Å². The van der Waals surface area contributed by atoms with E-state index in [4.69, 9.17) is 11.6 Å². The summed E-state index contributed by atoms with van der Waals surface area (Å²) in [5.41, 5.74) is 3.15. The molecule has 2 aromatic heterocycles. The number of rotatable bonds is 6. The van der Waals surface area contributed by atoms with Crippen molar-refractivity contribution < 1.29 is 12.8 Å². The minimum atomic E-state index is -2.93. The fourth-order valence-electron chi connectivity index (χ4n) is 5.33. The molecule has 4 heterocycles. The van der Waals surface area contributed by atoms with Gasteiger partial charge < -0.3 is 10.6 Å². The predicted octanol–water partition coefficient (Wildman–Crippen LogP) is 4.85. The maximum atomic E-state index is 15.2. The van der Waals surface area contributed by atoms with Gasteiger partial charge in [0.05, 0.1) is 23.4 Å². The molecule has 12 heteroatoms. The number of anilines is 4. The van der Waals surface area contributed by atoms with Crippen LogP contribution in [0.3, 0.4) is 0 Å². The first kappa shape index (κ1) is 25.9. The van der Waals surface area contributed by atoms with E-state index in [1.165, 1.54) is 6.20 Å². The van der Waals surface area contributed by atoms with Crippen LogP contribution in [-0.2, 0) is 9.84 Å². The maximum Gasteiger partial charge on any atom is 0.229 e. The van der Waals surface area contributed by atoms with E-state index in [1.807, 2.05) is 19.9 Å². The van der Waals surface area contributed by atoms with E-state index in [1.54, 1.807) is 12.1 Å². The summed E-state index contributed by atoms with van der Waals surface area (Å²) in [6, 6.07) is 5.31. The van der Waals surface area contributed by atoms with E-state index in [2.05, 4.69) is 35.7 Å². The molecule has 0 radical (unpaired) electrons. The fraction of sp³-hybridized carbons (Fsp3) is 0.480. The number of sulfone groups is 1. The molecule has 1 unspecified atom stereocenters. The number of hydrogen-bond donors (Lipinski definition) is 3. The third-order valence-electron chi connectivity index (χ3n) is 7.22. The number of nitrogens with zero attached hydrogens (tertiary/aromatic N) is 4. The van der Waals surface area contributed by atoms with Crippen LogP contribution in [0, 0.1) is 19.7 Å². The molecular weight excluding hydrogens is 517 g/mol. The Morgan fingerprint density at radius 1 is 1.14 bits per heavy atom. The van der Waals surface area contributed by atoms with E-state index in [9.17, 15) is 8.42 Å². The highest BCUT2D eigenvalue weighted by Gasteiger charge is 2.32. The van der Waals surface area contributed by atoms with Gasteiger partial charge in [0.15, 0.2) is 21.5 Å². The van der Waals surface area contributed by atoms with Crippen molar-refractivity contribution in [2.75, 3.05) is 35.2 Å². The highest BCUT2D eigenvalue weighted by molar-refractivity contribution is 7.91. The van der Waals surface area contributed by atoms with Gasteiger partial charge in [-0.05, 0) is 81.8 Å². The van der Waals surface area contributed by atoms with Gasteiger partial charge in [0.1, 0.15) is 10.8 Å². The second kappa shape index (κ2) is 10.5. The van der Waals surface area contributed by atoms with Crippen LogP contribution in [0.5, 0.6) is 0 Å². The van der Waals surface area contributed by atoms with Crippen LogP contribution in [0.1, 0.15) is 48.4 Å². The average Bonchev–Trinajstić information content (AvgIpc) is 3.27. The van der Waals surface area contributed by atoms with Gasteiger partial charge in [-0.2, -0.15) is 10.1 Å². The van der Waals surface area contributed by atoms with Crippen LogP contribution in [0.2, 0.25) is 5.02 Å². The van der Waals surface area contributed by atoms with Crippen LogP contribution in [0.25, 0.3) is 0 Å². The maximum absolute atomic E-state index is 15.2.